The summed E-state index contributed by atoms with van der Waals surface area (Å²) in [7, 11) is 4.14. The number of aromatic nitrogens is 2. The molecule has 3 N–H and O–H groups in total. The van der Waals surface area contributed by atoms with Crippen LogP contribution in [0, 0.1) is 0 Å². The zero-order chi connectivity index (χ0) is 21.8. The number of hydrogen-bond donors (Lipinski definition) is 3. The minimum absolute atomic E-state index is 0.382. The number of aryl methyl sites for hydroxylation is 1. The highest BCUT2D eigenvalue weighted by Gasteiger charge is 2.24. The normalized spacial score (nSPS) is 20.5. The molecule has 0 bridgehead atoms. The van der Waals surface area contributed by atoms with E-state index in [2.05, 4.69) is 34.9 Å². The van der Waals surface area contributed by atoms with E-state index in [-0.39, 0.29) is 0 Å². The molecule has 1 saturated carbocycles. The maximum atomic E-state index is 5.94. The van der Waals surface area contributed by atoms with Crippen molar-refractivity contribution in [2.45, 2.75) is 63.5 Å². The van der Waals surface area contributed by atoms with Gasteiger partial charge in [0.25, 0.3) is 0 Å². The molecule has 0 aliphatic heterocycles. The molecule has 2 aromatic rings. The summed E-state index contributed by atoms with van der Waals surface area (Å²) in [6.07, 6.45) is 8.86. The fraction of sp³-hybridized carbons (Fsp3) is 0.522. The molecule has 31 heavy (non-hydrogen) atoms. The van der Waals surface area contributed by atoms with Crippen LogP contribution in [0.15, 0.2) is 24.3 Å². The van der Waals surface area contributed by atoms with Crippen LogP contribution in [0.2, 0.25) is 5.02 Å². The fourth-order valence-corrected chi connectivity index (χ4v) is 4.87. The highest BCUT2D eigenvalue weighted by molar-refractivity contribution is 7.80. The van der Waals surface area contributed by atoms with Gasteiger partial charge in [0.05, 0.1) is 5.69 Å². The number of anilines is 3. The molecular weight excluding hydrogens is 428 g/mol. The molecule has 0 atom stereocenters. The van der Waals surface area contributed by atoms with Gasteiger partial charge >= 0.3 is 0 Å². The van der Waals surface area contributed by atoms with Crippen LogP contribution in [0.3, 0.4) is 0 Å². The first-order valence-electron chi connectivity index (χ1n) is 11.1. The largest absolute Gasteiger partial charge is 0.362 e. The second-order valence-corrected chi connectivity index (χ2v) is 9.54. The first kappa shape index (κ1) is 22.1. The third-order valence-electron chi connectivity index (χ3n) is 6.08. The number of nitrogens with zero attached hydrogens (tertiary/aromatic N) is 3. The molecule has 2 aliphatic rings. The monoisotopic (exact) mass is 458 g/mol. The van der Waals surface area contributed by atoms with E-state index in [0.29, 0.717) is 17.2 Å². The molecule has 8 heteroatoms. The molecule has 0 saturated heterocycles. The number of halogens is 1. The molecular formula is C23H31ClN6S. The number of nitrogens with one attached hydrogen (secondary N) is 3. The van der Waals surface area contributed by atoms with Crippen LogP contribution in [0.5, 0.6) is 0 Å². The van der Waals surface area contributed by atoms with Crippen LogP contribution >= 0.6 is 23.8 Å². The first-order valence-corrected chi connectivity index (χ1v) is 11.9. The SMILES string of the molecule is CN(C)c1nc(NC2CCC(NC(=S)Nc3ccc(Cl)cc3)CC2)nc2c1CCCC2. The van der Waals surface area contributed by atoms with Crippen molar-refractivity contribution in [3.05, 3.63) is 40.5 Å². The van der Waals surface area contributed by atoms with Crippen LogP contribution in [0.25, 0.3) is 0 Å². The van der Waals surface area contributed by atoms with Crippen molar-refractivity contribution in [2.75, 3.05) is 29.6 Å². The third kappa shape index (κ3) is 5.77. The number of hydrogen-bond acceptors (Lipinski definition) is 5. The van der Waals surface area contributed by atoms with E-state index in [1.165, 1.54) is 24.1 Å². The average molecular weight is 459 g/mol. The predicted molar refractivity (Wildman–Crippen MR) is 133 cm³/mol. The first-order chi connectivity index (χ1) is 15.0. The predicted octanol–water partition coefficient (Wildman–Crippen LogP) is 4.78. The Hall–Kier alpha value is -2.12. The highest BCUT2D eigenvalue weighted by Crippen LogP contribution is 2.29. The van der Waals surface area contributed by atoms with Crippen molar-refractivity contribution in [1.82, 2.24) is 15.3 Å². The lowest BCUT2D eigenvalue weighted by atomic mass is 9.91. The van der Waals surface area contributed by atoms with Gasteiger partial charge in [-0.15, -0.1) is 0 Å². The quantitative estimate of drug-likeness (QED) is 0.557. The van der Waals surface area contributed by atoms with Crippen molar-refractivity contribution in [3.63, 3.8) is 0 Å². The van der Waals surface area contributed by atoms with E-state index in [1.54, 1.807) is 0 Å². The van der Waals surface area contributed by atoms with Crippen molar-refractivity contribution >= 4 is 46.4 Å². The van der Waals surface area contributed by atoms with Gasteiger partial charge in [0, 0.05) is 42.5 Å². The van der Waals surface area contributed by atoms with E-state index in [1.807, 2.05) is 24.3 Å². The van der Waals surface area contributed by atoms with Crippen LogP contribution in [0.4, 0.5) is 17.5 Å². The Morgan fingerprint density at radius 3 is 2.39 bits per heavy atom. The van der Waals surface area contributed by atoms with Crippen LogP contribution in [0.1, 0.15) is 49.8 Å². The zero-order valence-electron chi connectivity index (χ0n) is 18.2. The molecule has 0 spiro atoms. The Labute approximate surface area is 195 Å². The molecule has 2 aliphatic carbocycles. The molecule has 1 heterocycles. The summed E-state index contributed by atoms with van der Waals surface area (Å²) in [6, 6.07) is 8.34. The van der Waals surface area contributed by atoms with E-state index in [9.17, 15) is 0 Å². The van der Waals surface area contributed by atoms with Crippen molar-refractivity contribution in [3.8, 4) is 0 Å². The van der Waals surface area contributed by atoms with Crippen LogP contribution in [-0.2, 0) is 12.8 Å². The van der Waals surface area contributed by atoms with Gasteiger partial charge in [0.15, 0.2) is 5.11 Å². The van der Waals surface area contributed by atoms with Gasteiger partial charge in [0.2, 0.25) is 5.95 Å². The highest BCUT2D eigenvalue weighted by atomic mass is 35.5. The summed E-state index contributed by atoms with van der Waals surface area (Å²) < 4.78 is 0. The van der Waals surface area contributed by atoms with Crippen molar-refractivity contribution in [2.24, 2.45) is 0 Å². The number of fused-ring (bicyclic) bond motifs is 1. The molecule has 0 unspecified atom stereocenters. The van der Waals surface area contributed by atoms with E-state index in [4.69, 9.17) is 33.8 Å². The average Bonchev–Trinajstić information content (AvgIpc) is 2.76. The molecule has 4 rings (SSSR count). The molecule has 6 nitrogen and oxygen atoms in total. The summed E-state index contributed by atoms with van der Waals surface area (Å²) in [4.78, 5) is 11.8. The third-order valence-corrected chi connectivity index (χ3v) is 6.55. The van der Waals surface area contributed by atoms with E-state index < -0.39 is 0 Å². The summed E-state index contributed by atoms with van der Waals surface area (Å²) >= 11 is 11.4. The summed E-state index contributed by atoms with van der Waals surface area (Å²) in [5.74, 6) is 1.85. The van der Waals surface area contributed by atoms with Gasteiger partial charge in [-0.1, -0.05) is 11.6 Å². The van der Waals surface area contributed by atoms with E-state index >= 15 is 0 Å². The Morgan fingerprint density at radius 2 is 1.68 bits per heavy atom. The molecule has 0 amide bonds. The Morgan fingerprint density at radius 1 is 1.00 bits per heavy atom. The summed E-state index contributed by atoms with van der Waals surface area (Å²) in [5, 5.41) is 11.7. The minimum Gasteiger partial charge on any atom is -0.362 e. The summed E-state index contributed by atoms with van der Waals surface area (Å²) in [6.45, 7) is 0. The fourth-order valence-electron chi connectivity index (χ4n) is 4.46. The van der Waals surface area contributed by atoms with Crippen molar-refractivity contribution in [1.29, 1.82) is 0 Å². The zero-order valence-corrected chi connectivity index (χ0v) is 19.8. The van der Waals surface area contributed by atoms with Gasteiger partial charge in [-0.2, -0.15) is 4.98 Å². The number of rotatable bonds is 5. The standard InChI is InChI=1S/C23H31ClN6S/c1-30(2)21-19-5-3-4-6-20(19)28-22(29-21)25-16-11-13-18(14-12-16)27-23(31)26-17-9-7-15(24)8-10-17/h7-10,16,18H,3-6,11-14H2,1-2H3,(H,25,28,29)(H2,26,27,31). The molecule has 1 fully saturated rings. The van der Waals surface area contributed by atoms with Gasteiger partial charge < -0.3 is 20.9 Å². The molecule has 166 valence electrons. The van der Waals surface area contributed by atoms with E-state index in [0.717, 1.165) is 61.0 Å². The minimum atomic E-state index is 0.382. The lowest BCUT2D eigenvalue weighted by Gasteiger charge is -2.31. The van der Waals surface area contributed by atoms with Gasteiger partial charge in [-0.3, -0.25) is 0 Å². The van der Waals surface area contributed by atoms with Gasteiger partial charge in [-0.25, -0.2) is 4.98 Å². The maximum Gasteiger partial charge on any atom is 0.225 e. The number of thiocarbonyl (C=S) groups is 1. The smallest absolute Gasteiger partial charge is 0.225 e. The molecule has 1 aromatic carbocycles. The Balaban J connectivity index is 1.29. The van der Waals surface area contributed by atoms with Crippen LogP contribution in [-0.4, -0.2) is 41.3 Å². The van der Waals surface area contributed by atoms with Gasteiger partial charge in [-0.05, 0) is 87.8 Å². The molecule has 1 aromatic heterocycles. The topological polar surface area (TPSA) is 65.1 Å². The Kier molecular flexibility index (Phi) is 7.13. The van der Waals surface area contributed by atoms with Gasteiger partial charge in [0.1, 0.15) is 5.82 Å². The molecule has 0 radical (unpaired) electrons. The summed E-state index contributed by atoms with van der Waals surface area (Å²) in [5.41, 5.74) is 3.50. The maximum absolute atomic E-state index is 5.94. The lowest BCUT2D eigenvalue weighted by Crippen LogP contribution is -2.42. The second-order valence-electron chi connectivity index (χ2n) is 8.70. The van der Waals surface area contributed by atoms with Crippen molar-refractivity contribution < 1.29 is 0 Å². The number of benzene rings is 1. The van der Waals surface area contributed by atoms with Crippen LogP contribution < -0.4 is 20.9 Å². The lowest BCUT2D eigenvalue weighted by molar-refractivity contribution is 0.387. The Bertz CT molecular complexity index is 909. The second kappa shape index (κ2) is 10.0.